The predicted octanol–water partition coefficient (Wildman–Crippen LogP) is 2.06. The van der Waals surface area contributed by atoms with Crippen molar-refractivity contribution >= 4 is 22.8 Å². The van der Waals surface area contributed by atoms with Gasteiger partial charge in [0.15, 0.2) is 11.5 Å². The van der Waals surface area contributed by atoms with Gasteiger partial charge < -0.3 is 19.8 Å². The van der Waals surface area contributed by atoms with Crippen LogP contribution in [0.15, 0.2) is 35.0 Å². The smallest absolute Gasteiger partial charge is 0.319 e. The summed E-state index contributed by atoms with van der Waals surface area (Å²) < 4.78 is 13.2. The van der Waals surface area contributed by atoms with Gasteiger partial charge in [-0.05, 0) is 25.2 Å². The predicted molar refractivity (Wildman–Crippen MR) is 104 cm³/mol. The molecule has 4 rings (SSSR count). The molecule has 1 aliphatic heterocycles. The molecule has 1 aromatic carbocycles. The summed E-state index contributed by atoms with van der Waals surface area (Å²) in [6.45, 7) is 3.64. The molecule has 1 fully saturated rings. The minimum Gasteiger partial charge on any atom is -0.441 e. The third-order valence-electron chi connectivity index (χ3n) is 4.89. The molecule has 0 bridgehead atoms. The second-order valence-electron chi connectivity index (χ2n) is 7.03. The normalized spacial score (nSPS) is 20.4. The number of carbonyl (C=O) groups excluding carboxylic acids is 1. The number of aryl methyl sites for hydroxylation is 2. The Morgan fingerprint density at radius 3 is 3.00 bits per heavy atom. The number of oxazole rings is 1. The summed E-state index contributed by atoms with van der Waals surface area (Å²) in [5, 5.41) is 10.0. The zero-order valence-corrected chi connectivity index (χ0v) is 16.2. The number of carbonyl (C=O) groups is 1. The quantitative estimate of drug-likeness (QED) is 0.715. The molecule has 28 heavy (non-hydrogen) atoms. The summed E-state index contributed by atoms with van der Waals surface area (Å²) in [5.74, 6) is 0.594. The molecule has 3 aromatic rings. The minimum absolute atomic E-state index is 0.0391. The second kappa shape index (κ2) is 7.61. The highest BCUT2D eigenvalue weighted by atomic mass is 16.5. The zero-order valence-electron chi connectivity index (χ0n) is 16.2. The summed E-state index contributed by atoms with van der Waals surface area (Å²) in [5.41, 5.74) is 3.14. The molecule has 9 nitrogen and oxygen atoms in total. The van der Waals surface area contributed by atoms with E-state index in [-0.39, 0.29) is 18.2 Å². The molecule has 0 spiro atoms. The number of benzene rings is 1. The molecule has 2 atom stereocenters. The Balaban J connectivity index is 1.39. The Morgan fingerprint density at radius 1 is 1.36 bits per heavy atom. The van der Waals surface area contributed by atoms with Crippen LogP contribution in [0, 0.1) is 6.92 Å². The van der Waals surface area contributed by atoms with E-state index >= 15 is 0 Å². The molecule has 0 saturated carbocycles. The van der Waals surface area contributed by atoms with Gasteiger partial charge in [-0.15, -0.1) is 0 Å². The van der Waals surface area contributed by atoms with Gasteiger partial charge in [-0.2, -0.15) is 5.10 Å². The van der Waals surface area contributed by atoms with Crippen molar-refractivity contribution in [2.75, 3.05) is 32.1 Å². The number of likely N-dealkylation sites (N-methyl/N-ethyl adjacent to an activating group) is 1. The SMILES string of the molecule is Cc1nc2cc(NC(=O)NC[C@@H]3OCCN(C)[C@H]3c3cnn(C)c3)ccc2o1. The second-order valence-corrected chi connectivity index (χ2v) is 7.03. The van der Waals surface area contributed by atoms with E-state index in [1.807, 2.05) is 19.4 Å². The molecule has 148 valence electrons. The van der Waals surface area contributed by atoms with Gasteiger partial charge in [-0.3, -0.25) is 9.58 Å². The van der Waals surface area contributed by atoms with Crippen LogP contribution in [0.2, 0.25) is 0 Å². The number of fused-ring (bicyclic) bond motifs is 1. The van der Waals surface area contributed by atoms with Crippen molar-refractivity contribution in [2.45, 2.75) is 19.1 Å². The number of amides is 2. The fourth-order valence-corrected chi connectivity index (χ4v) is 3.58. The van der Waals surface area contributed by atoms with E-state index in [0.717, 1.165) is 12.1 Å². The van der Waals surface area contributed by atoms with Crippen molar-refractivity contribution in [3.05, 3.63) is 42.0 Å². The number of ether oxygens (including phenoxy) is 1. The highest BCUT2D eigenvalue weighted by molar-refractivity contribution is 5.91. The highest BCUT2D eigenvalue weighted by Gasteiger charge is 2.32. The van der Waals surface area contributed by atoms with Crippen molar-refractivity contribution in [3.8, 4) is 0 Å². The van der Waals surface area contributed by atoms with Crippen LogP contribution in [0.4, 0.5) is 10.5 Å². The van der Waals surface area contributed by atoms with Crippen molar-refractivity contribution < 1.29 is 13.9 Å². The summed E-state index contributed by atoms with van der Waals surface area (Å²) in [7, 11) is 3.95. The lowest BCUT2D eigenvalue weighted by Crippen LogP contribution is -2.48. The maximum Gasteiger partial charge on any atom is 0.319 e. The number of nitrogens with one attached hydrogen (secondary N) is 2. The fraction of sp³-hybridized carbons (Fsp3) is 0.421. The maximum absolute atomic E-state index is 12.4. The lowest BCUT2D eigenvalue weighted by atomic mass is 10.0. The van der Waals surface area contributed by atoms with Gasteiger partial charge in [-0.25, -0.2) is 9.78 Å². The van der Waals surface area contributed by atoms with E-state index < -0.39 is 0 Å². The molecule has 1 saturated heterocycles. The van der Waals surface area contributed by atoms with E-state index in [2.05, 4.69) is 32.7 Å². The fourth-order valence-electron chi connectivity index (χ4n) is 3.58. The molecule has 1 aliphatic rings. The number of nitrogens with zero attached hydrogens (tertiary/aromatic N) is 4. The molecular weight excluding hydrogens is 360 g/mol. The van der Waals surface area contributed by atoms with Crippen LogP contribution in [0.25, 0.3) is 11.1 Å². The molecule has 9 heteroatoms. The van der Waals surface area contributed by atoms with Crippen LogP contribution in [0.1, 0.15) is 17.5 Å². The van der Waals surface area contributed by atoms with Crippen LogP contribution in [0.3, 0.4) is 0 Å². The van der Waals surface area contributed by atoms with Gasteiger partial charge in [0.05, 0.1) is 24.9 Å². The molecule has 0 radical (unpaired) electrons. The Kier molecular flexibility index (Phi) is 5.01. The first-order valence-electron chi connectivity index (χ1n) is 9.22. The lowest BCUT2D eigenvalue weighted by molar-refractivity contribution is -0.0600. The third kappa shape index (κ3) is 3.85. The third-order valence-corrected chi connectivity index (χ3v) is 4.89. The molecule has 2 N–H and O–H groups in total. The van der Waals surface area contributed by atoms with Crippen LogP contribution < -0.4 is 10.6 Å². The van der Waals surface area contributed by atoms with E-state index in [9.17, 15) is 4.79 Å². The summed E-state index contributed by atoms with van der Waals surface area (Å²) in [6, 6.07) is 5.12. The molecular formula is C19H24N6O3. The first-order chi connectivity index (χ1) is 13.5. The van der Waals surface area contributed by atoms with Crippen LogP contribution in [-0.4, -0.2) is 58.5 Å². The number of aromatic nitrogens is 3. The maximum atomic E-state index is 12.4. The Morgan fingerprint density at radius 2 is 2.21 bits per heavy atom. The van der Waals surface area contributed by atoms with E-state index in [1.165, 1.54) is 0 Å². The van der Waals surface area contributed by atoms with Gasteiger partial charge in [0.2, 0.25) is 0 Å². The Labute approximate surface area is 162 Å². The molecule has 0 unspecified atom stereocenters. The van der Waals surface area contributed by atoms with E-state index in [1.54, 1.807) is 29.8 Å². The molecule has 3 heterocycles. The number of urea groups is 1. The number of anilines is 1. The lowest BCUT2D eigenvalue weighted by Gasteiger charge is -2.38. The molecule has 2 aromatic heterocycles. The minimum atomic E-state index is -0.290. The summed E-state index contributed by atoms with van der Waals surface area (Å²) in [6.07, 6.45) is 3.67. The Bertz CT molecular complexity index is 981. The zero-order chi connectivity index (χ0) is 19.7. The van der Waals surface area contributed by atoms with Crippen LogP contribution in [-0.2, 0) is 11.8 Å². The highest BCUT2D eigenvalue weighted by Crippen LogP contribution is 2.27. The summed E-state index contributed by atoms with van der Waals surface area (Å²) in [4.78, 5) is 18.9. The summed E-state index contributed by atoms with van der Waals surface area (Å²) >= 11 is 0. The monoisotopic (exact) mass is 384 g/mol. The largest absolute Gasteiger partial charge is 0.441 e. The molecule has 2 amide bonds. The van der Waals surface area contributed by atoms with Gasteiger partial charge in [0, 0.05) is 44.5 Å². The molecule has 0 aliphatic carbocycles. The first-order valence-corrected chi connectivity index (χ1v) is 9.22. The number of morpholine rings is 1. The van der Waals surface area contributed by atoms with Crippen molar-refractivity contribution in [2.24, 2.45) is 7.05 Å². The number of hydrogen-bond donors (Lipinski definition) is 2. The van der Waals surface area contributed by atoms with E-state index in [0.29, 0.717) is 35.8 Å². The average molecular weight is 384 g/mol. The number of rotatable bonds is 4. The van der Waals surface area contributed by atoms with Crippen molar-refractivity contribution in [1.82, 2.24) is 25.0 Å². The Hall–Kier alpha value is -2.91. The van der Waals surface area contributed by atoms with Gasteiger partial charge in [-0.1, -0.05) is 0 Å². The van der Waals surface area contributed by atoms with Crippen molar-refractivity contribution in [1.29, 1.82) is 0 Å². The standard InChI is InChI=1S/C19H24N6O3/c1-12-22-15-8-14(4-5-16(15)28-12)23-19(26)20-10-17-18(24(2)6-7-27-17)13-9-21-25(3)11-13/h4-5,8-9,11,17-18H,6-7,10H2,1-3H3,(H2,20,23,26)/t17-,18-/m0/s1. The first kappa shape index (κ1) is 18.5. The van der Waals surface area contributed by atoms with Gasteiger partial charge >= 0.3 is 6.03 Å². The van der Waals surface area contributed by atoms with E-state index in [4.69, 9.17) is 9.15 Å². The van der Waals surface area contributed by atoms with Crippen molar-refractivity contribution in [3.63, 3.8) is 0 Å². The van der Waals surface area contributed by atoms with Crippen LogP contribution >= 0.6 is 0 Å². The number of hydrogen-bond acceptors (Lipinski definition) is 6. The topological polar surface area (TPSA) is 97.5 Å². The van der Waals surface area contributed by atoms with Gasteiger partial charge in [0.1, 0.15) is 5.52 Å². The van der Waals surface area contributed by atoms with Crippen LogP contribution in [0.5, 0.6) is 0 Å². The van der Waals surface area contributed by atoms with Gasteiger partial charge in [0.25, 0.3) is 0 Å². The average Bonchev–Trinajstić information content (AvgIpc) is 3.24.